The van der Waals surface area contributed by atoms with Crippen molar-refractivity contribution >= 4 is 44.8 Å². The smallest absolute Gasteiger partial charge is 0.296 e. The summed E-state index contributed by atoms with van der Waals surface area (Å²) in [5.41, 5.74) is 5.87. The molecule has 0 aliphatic heterocycles. The largest absolute Gasteiger partial charge is 0.386 e. The van der Waals surface area contributed by atoms with Crippen molar-refractivity contribution in [2.24, 2.45) is 10.7 Å². The summed E-state index contributed by atoms with van der Waals surface area (Å²) < 4.78 is 31.4. The molecule has 5 nitrogen and oxygen atoms in total. The summed E-state index contributed by atoms with van der Waals surface area (Å²) in [6.45, 7) is 1.61. The van der Waals surface area contributed by atoms with Gasteiger partial charge in [-0.05, 0) is 24.6 Å². The lowest BCUT2D eigenvalue weighted by Gasteiger charge is -2.06. The standard InChI is InChI=1S/C9H10Cl2N2O3S/c1-5-2-8(17(14,15)16)7(3-6(5)11)13-9(12)4-10/h2-3H,4H2,1H3,(H2,12,13)(H,14,15,16). The highest BCUT2D eigenvalue weighted by molar-refractivity contribution is 7.86. The zero-order chi connectivity index (χ0) is 13.2. The molecule has 0 saturated carbocycles. The predicted molar refractivity (Wildman–Crippen MR) is 68.0 cm³/mol. The monoisotopic (exact) mass is 296 g/mol. The van der Waals surface area contributed by atoms with Gasteiger partial charge < -0.3 is 5.73 Å². The molecule has 0 aliphatic rings. The van der Waals surface area contributed by atoms with Gasteiger partial charge in [-0.2, -0.15) is 8.42 Å². The molecule has 0 saturated heterocycles. The first-order valence-corrected chi connectivity index (χ1v) is 6.77. The van der Waals surface area contributed by atoms with Gasteiger partial charge in [-0.3, -0.25) is 4.55 Å². The topological polar surface area (TPSA) is 92.8 Å². The van der Waals surface area contributed by atoms with Crippen molar-refractivity contribution in [2.75, 3.05) is 5.88 Å². The highest BCUT2D eigenvalue weighted by Crippen LogP contribution is 2.30. The second-order valence-corrected chi connectivity index (χ2v) is 5.35. The predicted octanol–water partition coefficient (Wildman–Crippen LogP) is 2.12. The molecule has 0 bridgehead atoms. The Morgan fingerprint density at radius 3 is 2.59 bits per heavy atom. The molecule has 0 spiro atoms. The van der Waals surface area contributed by atoms with Crippen molar-refractivity contribution in [2.45, 2.75) is 11.8 Å². The van der Waals surface area contributed by atoms with E-state index < -0.39 is 10.1 Å². The molecule has 94 valence electrons. The van der Waals surface area contributed by atoms with Gasteiger partial charge in [0.25, 0.3) is 10.1 Å². The maximum Gasteiger partial charge on any atom is 0.296 e. The molecular formula is C9H10Cl2N2O3S. The molecule has 8 heteroatoms. The van der Waals surface area contributed by atoms with Crippen LogP contribution in [0.4, 0.5) is 5.69 Å². The first kappa shape index (κ1) is 14.2. The number of aryl methyl sites for hydroxylation is 1. The van der Waals surface area contributed by atoms with Crippen LogP contribution in [0.15, 0.2) is 22.0 Å². The van der Waals surface area contributed by atoms with Gasteiger partial charge in [0.05, 0.1) is 11.6 Å². The molecule has 1 aromatic carbocycles. The van der Waals surface area contributed by atoms with Crippen molar-refractivity contribution in [1.82, 2.24) is 0 Å². The van der Waals surface area contributed by atoms with Crippen molar-refractivity contribution in [3.05, 3.63) is 22.7 Å². The fraction of sp³-hybridized carbons (Fsp3) is 0.222. The molecule has 3 N–H and O–H groups in total. The summed E-state index contributed by atoms with van der Waals surface area (Å²) in [6, 6.07) is 2.53. The number of hydrogen-bond donors (Lipinski definition) is 2. The molecule has 0 heterocycles. The van der Waals surface area contributed by atoms with Crippen LogP contribution in [-0.2, 0) is 10.1 Å². The van der Waals surface area contributed by atoms with Crippen LogP contribution < -0.4 is 5.73 Å². The maximum absolute atomic E-state index is 11.2. The third-order valence-electron chi connectivity index (χ3n) is 1.92. The van der Waals surface area contributed by atoms with Gasteiger partial charge in [-0.25, -0.2) is 4.99 Å². The number of halogens is 2. The van der Waals surface area contributed by atoms with Crippen molar-refractivity contribution < 1.29 is 13.0 Å². The van der Waals surface area contributed by atoms with E-state index in [1.807, 2.05) is 0 Å². The van der Waals surface area contributed by atoms with E-state index in [4.69, 9.17) is 33.5 Å². The summed E-state index contributed by atoms with van der Waals surface area (Å²) >= 11 is 11.3. The molecule has 0 fully saturated rings. The fourth-order valence-electron chi connectivity index (χ4n) is 1.12. The number of aliphatic imine (C=N–C) groups is 1. The molecule has 0 atom stereocenters. The third-order valence-corrected chi connectivity index (χ3v) is 3.48. The normalized spacial score (nSPS) is 12.8. The second kappa shape index (κ2) is 5.22. The van der Waals surface area contributed by atoms with E-state index in [-0.39, 0.29) is 22.3 Å². The number of rotatable bonds is 3. The van der Waals surface area contributed by atoms with Crippen LogP contribution in [0.3, 0.4) is 0 Å². The summed E-state index contributed by atoms with van der Waals surface area (Å²) in [5.74, 6) is -0.0346. The second-order valence-electron chi connectivity index (χ2n) is 3.28. The van der Waals surface area contributed by atoms with Crippen molar-refractivity contribution in [1.29, 1.82) is 0 Å². The molecule has 0 radical (unpaired) electrons. The average Bonchev–Trinajstić information content (AvgIpc) is 2.21. The maximum atomic E-state index is 11.2. The Morgan fingerprint density at radius 1 is 1.53 bits per heavy atom. The van der Waals surface area contributed by atoms with Crippen molar-refractivity contribution in [3.8, 4) is 0 Å². The third kappa shape index (κ3) is 3.57. The fourth-order valence-corrected chi connectivity index (χ4v) is 2.04. The summed E-state index contributed by atoms with van der Waals surface area (Å²) in [4.78, 5) is 3.43. The van der Waals surface area contributed by atoms with Gasteiger partial charge in [0.2, 0.25) is 0 Å². The highest BCUT2D eigenvalue weighted by atomic mass is 35.5. The number of hydrogen-bond acceptors (Lipinski definition) is 3. The zero-order valence-electron chi connectivity index (χ0n) is 8.81. The molecule has 0 amide bonds. The minimum absolute atomic E-state index is 0.0245. The van der Waals surface area contributed by atoms with Crippen molar-refractivity contribution in [3.63, 3.8) is 0 Å². The lowest BCUT2D eigenvalue weighted by molar-refractivity contribution is 0.483. The van der Waals surface area contributed by atoms with Crippen LogP contribution in [0.1, 0.15) is 5.56 Å². The average molecular weight is 297 g/mol. The van der Waals surface area contributed by atoms with Crippen LogP contribution in [0.2, 0.25) is 5.02 Å². The minimum Gasteiger partial charge on any atom is -0.386 e. The summed E-state index contributed by atoms with van der Waals surface area (Å²) in [7, 11) is -4.39. The van der Waals surface area contributed by atoms with Gasteiger partial charge >= 0.3 is 0 Å². The Hall–Kier alpha value is -0.820. The quantitative estimate of drug-likeness (QED) is 0.387. The Kier molecular flexibility index (Phi) is 4.37. The lowest BCUT2D eigenvalue weighted by Crippen LogP contribution is -2.12. The summed E-state index contributed by atoms with van der Waals surface area (Å²) in [6.07, 6.45) is 0. The van der Waals surface area contributed by atoms with Crippen LogP contribution in [0.5, 0.6) is 0 Å². The molecule has 1 aromatic rings. The Labute approximate surface area is 109 Å². The van der Waals surface area contributed by atoms with Gasteiger partial charge in [0.1, 0.15) is 10.7 Å². The van der Waals surface area contributed by atoms with E-state index in [9.17, 15) is 8.42 Å². The van der Waals surface area contributed by atoms with E-state index in [0.29, 0.717) is 10.6 Å². The molecule has 0 unspecified atom stereocenters. The molecule has 1 rings (SSSR count). The Balaban J connectivity index is 3.53. The number of benzene rings is 1. The number of nitrogens with two attached hydrogens (primary N) is 1. The van der Waals surface area contributed by atoms with E-state index in [1.165, 1.54) is 12.1 Å². The highest BCUT2D eigenvalue weighted by Gasteiger charge is 2.17. The zero-order valence-corrected chi connectivity index (χ0v) is 11.1. The van der Waals surface area contributed by atoms with Gasteiger partial charge in [0, 0.05) is 5.02 Å². The van der Waals surface area contributed by atoms with E-state index in [2.05, 4.69) is 4.99 Å². The van der Waals surface area contributed by atoms with Crippen LogP contribution >= 0.6 is 23.2 Å². The minimum atomic E-state index is -4.39. The number of amidine groups is 1. The van der Waals surface area contributed by atoms with Crippen LogP contribution in [0.25, 0.3) is 0 Å². The molecule has 17 heavy (non-hydrogen) atoms. The Morgan fingerprint density at radius 2 is 2.12 bits per heavy atom. The molecule has 0 aliphatic carbocycles. The van der Waals surface area contributed by atoms with Crippen LogP contribution in [0, 0.1) is 6.92 Å². The number of alkyl halides is 1. The Bertz CT molecular complexity index is 570. The SMILES string of the molecule is Cc1cc(S(=O)(=O)O)c(N=C(N)CCl)cc1Cl. The molecular weight excluding hydrogens is 287 g/mol. The molecule has 0 aromatic heterocycles. The first-order chi connectivity index (χ1) is 7.75. The van der Waals surface area contributed by atoms with Gasteiger partial charge in [0.15, 0.2) is 0 Å². The number of nitrogens with zero attached hydrogens (tertiary/aromatic N) is 1. The van der Waals surface area contributed by atoms with E-state index in [0.717, 1.165) is 0 Å². The first-order valence-electron chi connectivity index (χ1n) is 4.42. The summed E-state index contributed by atoms with van der Waals surface area (Å²) in [5, 5.41) is 0.318. The van der Waals surface area contributed by atoms with E-state index >= 15 is 0 Å². The van der Waals surface area contributed by atoms with E-state index in [1.54, 1.807) is 6.92 Å². The van der Waals surface area contributed by atoms with Crippen LogP contribution in [-0.4, -0.2) is 24.7 Å². The van der Waals surface area contributed by atoms with Gasteiger partial charge in [-0.15, -0.1) is 11.6 Å². The van der Waals surface area contributed by atoms with Gasteiger partial charge in [-0.1, -0.05) is 11.6 Å². The lowest BCUT2D eigenvalue weighted by atomic mass is 10.2.